The number of carbonyl (C=O) groups excluding carboxylic acids is 1. The average Bonchev–Trinajstić information content (AvgIpc) is 2.98. The van der Waals surface area contributed by atoms with E-state index >= 15 is 0 Å². The molecule has 0 radical (unpaired) electrons. The fourth-order valence-corrected chi connectivity index (χ4v) is 2.70. The number of imidazole rings is 1. The van der Waals surface area contributed by atoms with Crippen molar-refractivity contribution >= 4 is 34.5 Å². The molecule has 7 heteroatoms. The van der Waals surface area contributed by atoms with Gasteiger partial charge in [-0.05, 0) is 43.3 Å². The molecule has 0 saturated carbocycles. The van der Waals surface area contributed by atoms with Crippen LogP contribution in [-0.2, 0) is 4.79 Å². The number of aromatic nitrogens is 3. The summed E-state index contributed by atoms with van der Waals surface area (Å²) in [5.74, 6) is 0.967. The number of anilines is 1. The highest BCUT2D eigenvalue weighted by molar-refractivity contribution is 7.99. The zero-order chi connectivity index (χ0) is 16.1. The first-order chi connectivity index (χ1) is 11.2. The van der Waals surface area contributed by atoms with Gasteiger partial charge < -0.3 is 15.0 Å². The Bertz CT molecular complexity index is 768. The molecule has 0 saturated heterocycles. The van der Waals surface area contributed by atoms with Crippen molar-refractivity contribution in [2.24, 2.45) is 0 Å². The Morgan fingerprint density at radius 2 is 2.13 bits per heavy atom. The molecule has 0 aliphatic rings. The molecule has 2 N–H and O–H groups in total. The van der Waals surface area contributed by atoms with Gasteiger partial charge in [0.1, 0.15) is 5.75 Å². The van der Waals surface area contributed by atoms with Crippen molar-refractivity contribution in [2.45, 2.75) is 12.1 Å². The maximum atomic E-state index is 12.0. The highest BCUT2D eigenvalue weighted by Gasteiger charge is 2.08. The monoisotopic (exact) mass is 328 g/mol. The van der Waals surface area contributed by atoms with Crippen LogP contribution in [-0.4, -0.2) is 33.2 Å². The first-order valence-electron chi connectivity index (χ1n) is 7.21. The molecule has 3 rings (SSSR count). The zero-order valence-electron chi connectivity index (χ0n) is 12.6. The normalized spacial score (nSPS) is 10.7. The summed E-state index contributed by atoms with van der Waals surface area (Å²) in [5.41, 5.74) is 2.26. The van der Waals surface area contributed by atoms with Gasteiger partial charge in [0.05, 0.1) is 17.9 Å². The number of hydrogen-bond donors (Lipinski definition) is 2. The average molecular weight is 328 g/mol. The molecule has 3 aromatic rings. The number of pyridine rings is 1. The molecule has 2 heterocycles. The Hall–Kier alpha value is -2.54. The summed E-state index contributed by atoms with van der Waals surface area (Å²) in [5, 5.41) is 3.52. The Labute approximate surface area is 137 Å². The molecule has 0 fully saturated rings. The van der Waals surface area contributed by atoms with Gasteiger partial charge in [-0.15, -0.1) is 0 Å². The summed E-state index contributed by atoms with van der Waals surface area (Å²) in [7, 11) is 0. The lowest BCUT2D eigenvalue weighted by molar-refractivity contribution is -0.113. The van der Waals surface area contributed by atoms with Gasteiger partial charge in [-0.1, -0.05) is 11.8 Å². The molecule has 0 spiro atoms. The van der Waals surface area contributed by atoms with E-state index in [1.165, 1.54) is 11.8 Å². The van der Waals surface area contributed by atoms with Crippen molar-refractivity contribution in [3.05, 3.63) is 42.6 Å². The lowest BCUT2D eigenvalue weighted by atomic mass is 10.3. The van der Waals surface area contributed by atoms with E-state index in [4.69, 9.17) is 4.74 Å². The van der Waals surface area contributed by atoms with Crippen LogP contribution in [0.1, 0.15) is 6.92 Å². The van der Waals surface area contributed by atoms with Gasteiger partial charge in [-0.2, -0.15) is 0 Å². The molecular weight excluding hydrogens is 312 g/mol. The van der Waals surface area contributed by atoms with E-state index in [1.54, 1.807) is 6.20 Å². The van der Waals surface area contributed by atoms with Gasteiger partial charge >= 0.3 is 0 Å². The second-order valence-corrected chi connectivity index (χ2v) is 5.67. The van der Waals surface area contributed by atoms with Crippen LogP contribution in [0.2, 0.25) is 0 Å². The Morgan fingerprint density at radius 3 is 2.87 bits per heavy atom. The molecule has 2 aromatic heterocycles. The molecule has 6 nitrogen and oxygen atoms in total. The smallest absolute Gasteiger partial charge is 0.234 e. The first-order valence-corrected chi connectivity index (χ1v) is 8.19. The fourth-order valence-electron chi connectivity index (χ4n) is 2.02. The topological polar surface area (TPSA) is 79.9 Å². The molecule has 1 amide bonds. The van der Waals surface area contributed by atoms with E-state index in [9.17, 15) is 4.79 Å². The predicted octanol–water partition coefficient (Wildman–Crippen LogP) is 3.09. The number of thioether (sulfide) groups is 1. The first kappa shape index (κ1) is 15.4. The largest absolute Gasteiger partial charge is 0.494 e. The van der Waals surface area contributed by atoms with Gasteiger partial charge in [-0.25, -0.2) is 9.97 Å². The van der Waals surface area contributed by atoms with Crippen LogP contribution in [0.25, 0.3) is 11.2 Å². The Kier molecular flexibility index (Phi) is 4.77. The van der Waals surface area contributed by atoms with E-state index in [0.717, 1.165) is 17.0 Å². The number of fused-ring (bicyclic) bond motifs is 1. The lowest BCUT2D eigenvalue weighted by Gasteiger charge is -2.06. The van der Waals surface area contributed by atoms with Crippen molar-refractivity contribution in [3.63, 3.8) is 0 Å². The van der Waals surface area contributed by atoms with Crippen LogP contribution in [0.15, 0.2) is 47.8 Å². The zero-order valence-corrected chi connectivity index (χ0v) is 13.4. The van der Waals surface area contributed by atoms with E-state index < -0.39 is 0 Å². The van der Waals surface area contributed by atoms with Crippen LogP contribution in [0.4, 0.5) is 5.69 Å². The van der Waals surface area contributed by atoms with Gasteiger partial charge in [-0.3, -0.25) is 4.79 Å². The maximum absolute atomic E-state index is 12.0. The van der Waals surface area contributed by atoms with Crippen LogP contribution in [0.3, 0.4) is 0 Å². The predicted molar refractivity (Wildman–Crippen MR) is 90.9 cm³/mol. The van der Waals surface area contributed by atoms with Crippen LogP contribution >= 0.6 is 11.8 Å². The Morgan fingerprint density at radius 1 is 1.30 bits per heavy atom. The summed E-state index contributed by atoms with van der Waals surface area (Å²) >= 11 is 1.34. The van der Waals surface area contributed by atoms with Crippen LogP contribution < -0.4 is 10.1 Å². The maximum Gasteiger partial charge on any atom is 0.234 e. The van der Waals surface area contributed by atoms with E-state index in [-0.39, 0.29) is 11.7 Å². The number of benzene rings is 1. The molecule has 0 unspecified atom stereocenters. The quantitative estimate of drug-likeness (QED) is 0.680. The van der Waals surface area contributed by atoms with Gasteiger partial charge in [0.2, 0.25) is 5.91 Å². The molecule has 0 atom stereocenters. The number of nitrogens with zero attached hydrogens (tertiary/aromatic N) is 2. The number of carbonyl (C=O) groups is 1. The van der Waals surface area contributed by atoms with Crippen molar-refractivity contribution < 1.29 is 9.53 Å². The summed E-state index contributed by atoms with van der Waals surface area (Å²) in [4.78, 5) is 23.6. The molecule has 1 aromatic carbocycles. The number of nitrogens with one attached hydrogen (secondary N) is 2. The van der Waals surface area contributed by atoms with E-state index in [2.05, 4.69) is 20.3 Å². The number of hydrogen-bond acceptors (Lipinski definition) is 5. The number of rotatable bonds is 6. The number of ether oxygens (including phenoxy) is 1. The molecule has 118 valence electrons. The third-order valence-electron chi connectivity index (χ3n) is 3.02. The SMILES string of the molecule is CCOc1ccc(NC(=O)CSc2nc3ncccc3[nH]2)cc1. The van der Waals surface area contributed by atoms with Crippen molar-refractivity contribution in [1.82, 2.24) is 15.0 Å². The minimum absolute atomic E-state index is 0.0902. The summed E-state index contributed by atoms with van der Waals surface area (Å²) in [6.45, 7) is 2.55. The third-order valence-corrected chi connectivity index (χ3v) is 3.90. The third kappa shape index (κ3) is 4.01. The van der Waals surface area contributed by atoms with Crippen molar-refractivity contribution in [1.29, 1.82) is 0 Å². The van der Waals surface area contributed by atoms with E-state index in [0.29, 0.717) is 17.4 Å². The summed E-state index contributed by atoms with van der Waals surface area (Å²) < 4.78 is 5.36. The Balaban J connectivity index is 1.54. The number of aromatic amines is 1. The highest BCUT2D eigenvalue weighted by atomic mass is 32.2. The number of amides is 1. The van der Waals surface area contributed by atoms with E-state index in [1.807, 2.05) is 43.3 Å². The fraction of sp³-hybridized carbons (Fsp3) is 0.188. The molecule has 23 heavy (non-hydrogen) atoms. The molecule has 0 aliphatic heterocycles. The minimum atomic E-state index is -0.0902. The van der Waals surface area contributed by atoms with Crippen LogP contribution in [0.5, 0.6) is 5.75 Å². The molecule has 0 aliphatic carbocycles. The molecule has 0 bridgehead atoms. The van der Waals surface area contributed by atoms with Gasteiger partial charge in [0.15, 0.2) is 10.8 Å². The summed E-state index contributed by atoms with van der Waals surface area (Å²) in [6.07, 6.45) is 1.69. The highest BCUT2D eigenvalue weighted by Crippen LogP contribution is 2.19. The molecular formula is C16H16N4O2S. The van der Waals surface area contributed by atoms with Gasteiger partial charge in [0.25, 0.3) is 0 Å². The van der Waals surface area contributed by atoms with Crippen molar-refractivity contribution in [3.8, 4) is 5.75 Å². The van der Waals surface area contributed by atoms with Crippen molar-refractivity contribution in [2.75, 3.05) is 17.7 Å². The van der Waals surface area contributed by atoms with Crippen LogP contribution in [0, 0.1) is 0 Å². The second-order valence-electron chi connectivity index (χ2n) is 4.71. The lowest BCUT2D eigenvalue weighted by Crippen LogP contribution is -2.14. The summed E-state index contributed by atoms with van der Waals surface area (Å²) in [6, 6.07) is 11.0. The number of H-pyrrole nitrogens is 1. The standard InChI is InChI=1S/C16H16N4O2S/c1-2-22-12-7-5-11(6-8-12)18-14(21)10-23-16-19-13-4-3-9-17-15(13)20-16/h3-9H,2,10H2,1H3,(H,18,21)(H,17,19,20). The second kappa shape index (κ2) is 7.15. The minimum Gasteiger partial charge on any atom is -0.494 e. The van der Waals surface area contributed by atoms with Gasteiger partial charge in [0, 0.05) is 11.9 Å².